The van der Waals surface area contributed by atoms with Gasteiger partial charge in [-0.1, -0.05) is 24.3 Å². The fraction of sp³-hybridized carbons (Fsp3) is 0.381. The number of nitrogens with one attached hydrogen (secondary N) is 1. The maximum Gasteiger partial charge on any atom is 0.130 e. The minimum atomic E-state index is 0.787. The second kappa shape index (κ2) is 8.04. The summed E-state index contributed by atoms with van der Waals surface area (Å²) in [5.41, 5.74) is 3.63. The molecule has 0 aromatic heterocycles. The third kappa shape index (κ3) is 3.54. The molecule has 2 aliphatic rings. The molecule has 0 fully saturated rings. The molecular formula is C21H24N2O2S. The predicted molar refractivity (Wildman–Crippen MR) is 107 cm³/mol. The normalized spacial score (nSPS) is 16.1. The van der Waals surface area contributed by atoms with E-state index in [2.05, 4.69) is 46.7 Å². The fourth-order valence-electron chi connectivity index (χ4n) is 3.45. The lowest BCUT2D eigenvalue weighted by molar-refractivity contribution is 0.283. The van der Waals surface area contributed by atoms with Crippen LogP contribution in [0.2, 0.25) is 0 Å². The molecule has 26 heavy (non-hydrogen) atoms. The number of ether oxygens (including phenoxy) is 2. The molecule has 0 aliphatic carbocycles. The van der Waals surface area contributed by atoms with E-state index in [-0.39, 0.29) is 0 Å². The van der Waals surface area contributed by atoms with Crippen LogP contribution in [-0.2, 0) is 12.2 Å². The van der Waals surface area contributed by atoms with Gasteiger partial charge in [-0.05, 0) is 37.0 Å². The smallest absolute Gasteiger partial charge is 0.130 e. The minimum Gasteiger partial charge on any atom is -0.496 e. The van der Waals surface area contributed by atoms with Crippen LogP contribution in [-0.4, -0.2) is 32.6 Å². The Morgan fingerprint density at radius 1 is 1.19 bits per heavy atom. The lowest BCUT2D eigenvalue weighted by Crippen LogP contribution is -2.30. The molecule has 2 aromatic rings. The Kier molecular flexibility index (Phi) is 5.34. The second-order valence-corrected chi connectivity index (χ2v) is 7.50. The number of hydrogen-bond acceptors (Lipinski definition) is 5. The molecule has 0 saturated carbocycles. The van der Waals surface area contributed by atoms with Crippen molar-refractivity contribution in [1.29, 1.82) is 0 Å². The van der Waals surface area contributed by atoms with Gasteiger partial charge in [0, 0.05) is 34.9 Å². The Morgan fingerprint density at radius 2 is 2.12 bits per heavy atom. The van der Waals surface area contributed by atoms with Crippen molar-refractivity contribution < 1.29 is 9.47 Å². The van der Waals surface area contributed by atoms with Crippen molar-refractivity contribution in [3.63, 3.8) is 0 Å². The SMILES string of the molecule is COc1ccc2c(c1CSc1ccccc1C1=NCCCN1)OCCC2. The Bertz CT molecular complexity index is 820. The first kappa shape index (κ1) is 17.3. The summed E-state index contributed by atoms with van der Waals surface area (Å²) in [6, 6.07) is 12.7. The van der Waals surface area contributed by atoms with Crippen molar-refractivity contribution in [2.75, 3.05) is 26.8 Å². The molecule has 0 bridgehead atoms. The van der Waals surface area contributed by atoms with E-state index in [1.54, 1.807) is 7.11 Å². The van der Waals surface area contributed by atoms with Crippen LogP contribution in [0.15, 0.2) is 46.3 Å². The third-order valence-electron chi connectivity index (χ3n) is 4.77. The molecule has 0 radical (unpaired) electrons. The van der Waals surface area contributed by atoms with Crippen molar-refractivity contribution in [2.24, 2.45) is 4.99 Å². The predicted octanol–water partition coefficient (Wildman–Crippen LogP) is 4.05. The van der Waals surface area contributed by atoms with Crippen LogP contribution >= 0.6 is 11.8 Å². The van der Waals surface area contributed by atoms with Gasteiger partial charge in [-0.3, -0.25) is 4.99 Å². The zero-order valence-electron chi connectivity index (χ0n) is 15.1. The van der Waals surface area contributed by atoms with Crippen LogP contribution in [0.1, 0.15) is 29.5 Å². The van der Waals surface area contributed by atoms with Gasteiger partial charge in [0.15, 0.2) is 0 Å². The molecule has 0 amide bonds. The number of methoxy groups -OCH3 is 1. The Labute approximate surface area is 159 Å². The molecule has 2 aromatic carbocycles. The van der Waals surface area contributed by atoms with Crippen molar-refractivity contribution in [3.05, 3.63) is 53.1 Å². The number of aliphatic imine (C=N–C) groups is 1. The van der Waals surface area contributed by atoms with Crippen molar-refractivity contribution in [2.45, 2.75) is 29.9 Å². The van der Waals surface area contributed by atoms with E-state index in [1.165, 1.54) is 16.0 Å². The summed E-state index contributed by atoms with van der Waals surface area (Å²) < 4.78 is 11.6. The largest absolute Gasteiger partial charge is 0.496 e. The Morgan fingerprint density at radius 3 is 2.96 bits per heavy atom. The highest BCUT2D eigenvalue weighted by molar-refractivity contribution is 7.98. The molecule has 4 nitrogen and oxygen atoms in total. The van der Waals surface area contributed by atoms with E-state index in [0.29, 0.717) is 0 Å². The number of benzene rings is 2. The average Bonchev–Trinajstić information content (AvgIpc) is 2.72. The molecule has 2 aliphatic heterocycles. The first-order valence-corrected chi connectivity index (χ1v) is 10.2. The molecule has 0 spiro atoms. The van der Waals surface area contributed by atoms with E-state index >= 15 is 0 Å². The number of hydrogen-bond donors (Lipinski definition) is 1. The highest BCUT2D eigenvalue weighted by atomic mass is 32.2. The van der Waals surface area contributed by atoms with Gasteiger partial charge in [-0.2, -0.15) is 0 Å². The van der Waals surface area contributed by atoms with E-state index in [0.717, 1.165) is 67.6 Å². The molecule has 2 heterocycles. The summed E-state index contributed by atoms with van der Waals surface area (Å²) in [7, 11) is 1.73. The molecule has 0 saturated heterocycles. The number of thioether (sulfide) groups is 1. The fourth-order valence-corrected chi connectivity index (χ4v) is 4.52. The van der Waals surface area contributed by atoms with Crippen LogP contribution in [0.25, 0.3) is 0 Å². The van der Waals surface area contributed by atoms with Crippen molar-refractivity contribution in [3.8, 4) is 11.5 Å². The molecule has 0 atom stereocenters. The molecule has 1 N–H and O–H groups in total. The Hall–Kier alpha value is -2.14. The number of nitrogens with zero attached hydrogens (tertiary/aromatic N) is 1. The van der Waals surface area contributed by atoms with E-state index < -0.39 is 0 Å². The molecule has 0 unspecified atom stereocenters. The minimum absolute atomic E-state index is 0.787. The number of fused-ring (bicyclic) bond motifs is 1. The van der Waals surface area contributed by atoms with Crippen LogP contribution in [0, 0.1) is 0 Å². The summed E-state index contributed by atoms with van der Waals surface area (Å²) >= 11 is 1.82. The summed E-state index contributed by atoms with van der Waals surface area (Å²) in [5.74, 6) is 3.76. The van der Waals surface area contributed by atoms with Gasteiger partial charge in [-0.15, -0.1) is 11.8 Å². The number of amidine groups is 1. The van der Waals surface area contributed by atoms with Crippen molar-refractivity contribution in [1.82, 2.24) is 5.32 Å². The zero-order chi connectivity index (χ0) is 17.8. The highest BCUT2D eigenvalue weighted by Crippen LogP contribution is 2.39. The van der Waals surface area contributed by atoms with Gasteiger partial charge < -0.3 is 14.8 Å². The zero-order valence-corrected chi connectivity index (χ0v) is 15.9. The summed E-state index contributed by atoms with van der Waals surface area (Å²) in [4.78, 5) is 5.89. The Balaban J connectivity index is 1.61. The maximum atomic E-state index is 6.00. The number of rotatable bonds is 5. The molecule has 5 heteroatoms. The van der Waals surface area contributed by atoms with Crippen LogP contribution < -0.4 is 14.8 Å². The highest BCUT2D eigenvalue weighted by Gasteiger charge is 2.20. The second-order valence-electron chi connectivity index (χ2n) is 6.48. The maximum absolute atomic E-state index is 6.00. The lowest BCUT2D eigenvalue weighted by atomic mass is 10.0. The van der Waals surface area contributed by atoms with E-state index in [4.69, 9.17) is 9.47 Å². The summed E-state index contributed by atoms with van der Waals surface area (Å²) in [6.07, 6.45) is 3.26. The standard InChI is InChI=1S/C21H24N2O2S/c1-24-18-10-9-15-6-4-13-25-20(15)17(18)14-26-19-8-3-2-7-16(19)21-22-11-5-12-23-21/h2-3,7-10H,4-6,11-14H2,1H3,(H,22,23). The summed E-state index contributed by atoms with van der Waals surface area (Å²) in [5, 5.41) is 3.43. The average molecular weight is 369 g/mol. The van der Waals surface area contributed by atoms with Gasteiger partial charge in [0.1, 0.15) is 17.3 Å². The quantitative estimate of drug-likeness (QED) is 0.809. The van der Waals surface area contributed by atoms with E-state index in [9.17, 15) is 0 Å². The van der Waals surface area contributed by atoms with Gasteiger partial charge >= 0.3 is 0 Å². The molecule has 136 valence electrons. The lowest BCUT2D eigenvalue weighted by Gasteiger charge is -2.22. The van der Waals surface area contributed by atoms with Crippen LogP contribution in [0.5, 0.6) is 11.5 Å². The topological polar surface area (TPSA) is 42.8 Å². The monoisotopic (exact) mass is 368 g/mol. The summed E-state index contributed by atoms with van der Waals surface area (Å²) in [6.45, 7) is 2.68. The van der Waals surface area contributed by atoms with Gasteiger partial charge in [0.05, 0.1) is 13.7 Å². The molecule has 4 rings (SSSR count). The first-order chi connectivity index (χ1) is 12.9. The van der Waals surface area contributed by atoms with Crippen molar-refractivity contribution >= 4 is 17.6 Å². The van der Waals surface area contributed by atoms with Crippen LogP contribution in [0.3, 0.4) is 0 Å². The molecular weight excluding hydrogens is 344 g/mol. The van der Waals surface area contributed by atoms with Gasteiger partial charge in [0.25, 0.3) is 0 Å². The first-order valence-electron chi connectivity index (χ1n) is 9.19. The van der Waals surface area contributed by atoms with Gasteiger partial charge in [-0.25, -0.2) is 0 Å². The van der Waals surface area contributed by atoms with Crippen LogP contribution in [0.4, 0.5) is 0 Å². The van der Waals surface area contributed by atoms with E-state index in [1.807, 2.05) is 11.8 Å². The number of aryl methyl sites for hydroxylation is 1. The van der Waals surface area contributed by atoms with Gasteiger partial charge in [0.2, 0.25) is 0 Å². The third-order valence-corrected chi connectivity index (χ3v) is 5.87.